The lowest BCUT2D eigenvalue weighted by Gasteiger charge is -2.50. The number of hydrogen-bond acceptors (Lipinski definition) is 7. The lowest BCUT2D eigenvalue weighted by Crippen LogP contribution is -2.56. The monoisotopic (exact) mass is 546 g/mol. The third-order valence-electron chi connectivity index (χ3n) is 9.37. The number of hydrogen-bond donors (Lipinski definition) is 0. The molecule has 39 heavy (non-hydrogen) atoms. The van der Waals surface area contributed by atoms with Gasteiger partial charge in [-0.05, 0) is 57.6 Å². The first-order chi connectivity index (χ1) is 18.4. The summed E-state index contributed by atoms with van der Waals surface area (Å²) < 4.78 is 37.9. The molecule has 3 heterocycles. The maximum atomic E-state index is 13.6. The Balaban J connectivity index is 1.72. The van der Waals surface area contributed by atoms with Crippen molar-refractivity contribution in [1.82, 2.24) is 0 Å². The number of carbonyl (C=O) groups excluding carboxylic acids is 1. The summed E-state index contributed by atoms with van der Waals surface area (Å²) in [5.41, 5.74) is 0.955. The fourth-order valence-corrected chi connectivity index (χ4v) is 7.22. The van der Waals surface area contributed by atoms with E-state index in [1.54, 1.807) is 7.11 Å². The Labute approximate surface area is 235 Å². The average Bonchev–Trinajstić information content (AvgIpc) is 2.91. The van der Waals surface area contributed by atoms with E-state index < -0.39 is 18.0 Å². The second-order valence-corrected chi connectivity index (χ2v) is 12.8. The molecule has 220 valence electrons. The number of esters is 1. The van der Waals surface area contributed by atoms with Crippen LogP contribution in [0.4, 0.5) is 0 Å². The van der Waals surface area contributed by atoms with Gasteiger partial charge >= 0.3 is 5.97 Å². The van der Waals surface area contributed by atoms with Gasteiger partial charge in [0.1, 0.15) is 11.9 Å². The molecule has 0 saturated carbocycles. The molecule has 1 aromatic carbocycles. The summed E-state index contributed by atoms with van der Waals surface area (Å²) in [5, 5.41) is 0. The van der Waals surface area contributed by atoms with Crippen LogP contribution < -0.4 is 4.74 Å². The number of methoxy groups -OCH3 is 1. The third kappa shape index (κ3) is 6.32. The van der Waals surface area contributed by atoms with E-state index in [4.69, 9.17) is 28.4 Å². The lowest BCUT2D eigenvalue weighted by atomic mass is 9.75. The maximum absolute atomic E-state index is 13.6. The van der Waals surface area contributed by atoms with E-state index in [2.05, 4.69) is 41.5 Å². The topological polar surface area (TPSA) is 72.5 Å². The van der Waals surface area contributed by atoms with Crippen LogP contribution in [0.3, 0.4) is 0 Å². The van der Waals surface area contributed by atoms with Gasteiger partial charge in [0.05, 0.1) is 37.4 Å². The average molecular weight is 547 g/mol. The van der Waals surface area contributed by atoms with Crippen LogP contribution in [0.25, 0.3) is 0 Å². The Morgan fingerprint density at radius 3 is 2.00 bits per heavy atom. The summed E-state index contributed by atoms with van der Waals surface area (Å²) in [4.78, 5) is 13.6. The first-order valence-corrected chi connectivity index (χ1v) is 14.9. The van der Waals surface area contributed by atoms with Crippen molar-refractivity contribution >= 4 is 5.97 Å². The Morgan fingerprint density at radius 2 is 1.38 bits per heavy atom. The van der Waals surface area contributed by atoms with E-state index in [1.807, 2.05) is 45.0 Å². The fraction of sp³-hybridized carbons (Fsp3) is 0.781. The number of fused-ring (bicyclic) bond motifs is 4. The van der Waals surface area contributed by atoms with Crippen LogP contribution in [-0.4, -0.2) is 49.4 Å². The predicted molar refractivity (Wildman–Crippen MR) is 149 cm³/mol. The number of carbonyl (C=O) groups is 1. The van der Waals surface area contributed by atoms with Crippen molar-refractivity contribution in [3.05, 3.63) is 29.8 Å². The van der Waals surface area contributed by atoms with Crippen molar-refractivity contribution in [2.75, 3.05) is 7.11 Å². The van der Waals surface area contributed by atoms with Crippen LogP contribution in [-0.2, 0) is 28.5 Å². The molecule has 4 rings (SSSR count). The normalized spacial score (nSPS) is 43.2. The van der Waals surface area contributed by atoms with Gasteiger partial charge in [-0.2, -0.15) is 0 Å². The van der Waals surface area contributed by atoms with E-state index in [9.17, 15) is 4.79 Å². The van der Waals surface area contributed by atoms with Gasteiger partial charge in [0.15, 0.2) is 12.1 Å². The van der Waals surface area contributed by atoms with Crippen molar-refractivity contribution in [2.24, 2.45) is 35.5 Å². The van der Waals surface area contributed by atoms with Gasteiger partial charge in [0, 0.05) is 23.3 Å². The van der Waals surface area contributed by atoms with Gasteiger partial charge in [-0.15, -0.1) is 0 Å². The molecule has 4 bridgehead atoms. The Morgan fingerprint density at radius 1 is 0.821 bits per heavy atom. The van der Waals surface area contributed by atoms with Gasteiger partial charge in [-0.1, -0.05) is 53.7 Å². The van der Waals surface area contributed by atoms with E-state index in [0.717, 1.165) is 17.7 Å². The van der Waals surface area contributed by atoms with E-state index in [0.29, 0.717) is 6.42 Å². The highest BCUT2D eigenvalue weighted by Crippen LogP contribution is 2.45. The molecule has 12 atom stereocenters. The highest BCUT2D eigenvalue weighted by molar-refractivity contribution is 5.73. The van der Waals surface area contributed by atoms with Crippen molar-refractivity contribution in [3.8, 4) is 5.75 Å². The molecule has 0 aliphatic carbocycles. The first-order valence-electron chi connectivity index (χ1n) is 14.9. The molecule has 7 nitrogen and oxygen atoms in total. The summed E-state index contributed by atoms with van der Waals surface area (Å²) >= 11 is 0. The van der Waals surface area contributed by atoms with Crippen molar-refractivity contribution in [2.45, 2.75) is 118 Å². The predicted octanol–water partition coefficient (Wildman–Crippen LogP) is 6.54. The van der Waals surface area contributed by atoms with Gasteiger partial charge in [0.25, 0.3) is 0 Å². The molecule has 0 amide bonds. The molecule has 0 spiro atoms. The molecular weight excluding hydrogens is 496 g/mol. The summed E-state index contributed by atoms with van der Waals surface area (Å²) in [6.45, 7) is 18.9. The van der Waals surface area contributed by atoms with Gasteiger partial charge in [-0.25, -0.2) is 0 Å². The fourth-order valence-electron chi connectivity index (χ4n) is 7.22. The largest absolute Gasteiger partial charge is 0.497 e. The first kappa shape index (κ1) is 30.3. The number of cyclic esters (lactones) is 1. The molecule has 0 aromatic heterocycles. The summed E-state index contributed by atoms with van der Waals surface area (Å²) in [5.74, 6) is 0.0169. The molecular formula is C32H50O7. The van der Waals surface area contributed by atoms with Crippen LogP contribution in [0, 0.1) is 35.5 Å². The zero-order chi connectivity index (χ0) is 28.6. The van der Waals surface area contributed by atoms with E-state index in [-0.39, 0.29) is 66.1 Å². The van der Waals surface area contributed by atoms with Crippen molar-refractivity contribution in [3.63, 3.8) is 0 Å². The van der Waals surface area contributed by atoms with Crippen LogP contribution in [0.1, 0.15) is 87.0 Å². The standard InChI is InChI=1S/C32H50O7/c1-11-25-19(4)28-20(5)26(36-31(37-28)23-12-14-24(34-10)15-13-23)17(2)16-18(3)27-21(6)29(22(7)30(33)35-25)39-32(8,9)38-27/h12-15,17-22,25-29,31H,11,16H2,1-10H3/t17-,18+,19+,20+,21-,22-,25-,26+,27+,28+,29+,31+/m1/s1. The van der Waals surface area contributed by atoms with Crippen molar-refractivity contribution < 1.29 is 33.2 Å². The van der Waals surface area contributed by atoms with Crippen LogP contribution in [0.5, 0.6) is 5.75 Å². The van der Waals surface area contributed by atoms with Crippen LogP contribution >= 0.6 is 0 Å². The minimum absolute atomic E-state index is 0.0157. The Kier molecular flexibility index (Phi) is 9.36. The van der Waals surface area contributed by atoms with Crippen LogP contribution in [0.2, 0.25) is 0 Å². The quantitative estimate of drug-likeness (QED) is 0.399. The molecule has 0 radical (unpaired) electrons. The molecule has 1 aromatic rings. The summed E-state index contributed by atoms with van der Waals surface area (Å²) in [6, 6.07) is 7.88. The smallest absolute Gasteiger partial charge is 0.311 e. The highest BCUT2D eigenvalue weighted by Gasteiger charge is 2.50. The molecule has 3 fully saturated rings. The molecule has 3 aliphatic heterocycles. The molecule has 0 N–H and O–H groups in total. The maximum Gasteiger partial charge on any atom is 0.311 e. The second-order valence-electron chi connectivity index (χ2n) is 12.8. The molecule has 3 aliphatic rings. The van der Waals surface area contributed by atoms with E-state index in [1.165, 1.54) is 0 Å². The number of benzene rings is 1. The van der Waals surface area contributed by atoms with E-state index >= 15 is 0 Å². The zero-order valence-corrected chi connectivity index (χ0v) is 25.5. The summed E-state index contributed by atoms with van der Waals surface area (Å²) in [6.07, 6.45) is 0.329. The number of ether oxygens (including phenoxy) is 6. The number of rotatable bonds is 3. The minimum Gasteiger partial charge on any atom is -0.497 e. The minimum atomic E-state index is -0.782. The van der Waals surface area contributed by atoms with Crippen molar-refractivity contribution in [1.29, 1.82) is 0 Å². The SMILES string of the molecule is CC[C@H]1OC(=O)[C@H](C)[C@H]2OC(C)(C)O[C@H]([C@H]2C)[C@@H](C)C[C@@H](C)[C@@H]2O[C@H](c3ccc(OC)cc3)O[C@H]([C@H]2C)[C@H]1C. The second kappa shape index (κ2) is 12.1. The Bertz CT molecular complexity index is 962. The van der Waals surface area contributed by atoms with Crippen LogP contribution in [0.15, 0.2) is 24.3 Å². The lowest BCUT2D eigenvalue weighted by molar-refractivity contribution is -0.336. The molecule has 7 heteroatoms. The van der Waals surface area contributed by atoms with Gasteiger partial charge in [-0.3, -0.25) is 4.79 Å². The highest BCUT2D eigenvalue weighted by atomic mass is 16.7. The Hall–Kier alpha value is -1.67. The zero-order valence-electron chi connectivity index (χ0n) is 25.5. The molecule has 0 unspecified atom stereocenters. The summed E-state index contributed by atoms with van der Waals surface area (Å²) in [7, 11) is 1.66. The molecule has 3 saturated heterocycles. The third-order valence-corrected chi connectivity index (χ3v) is 9.37. The van der Waals surface area contributed by atoms with Gasteiger partial charge in [0.2, 0.25) is 0 Å². The van der Waals surface area contributed by atoms with Gasteiger partial charge < -0.3 is 28.4 Å².